The van der Waals surface area contributed by atoms with Crippen LogP contribution in [0.4, 0.5) is 0 Å². The number of hydrogen-bond donors (Lipinski definition) is 1. The molecular formula is C13H16N2O3. The number of nitrogens with one attached hydrogen (secondary N) is 1. The Hall–Kier alpha value is -1.91. The fourth-order valence-electron chi connectivity index (χ4n) is 2.04. The van der Waals surface area contributed by atoms with Crippen LogP contribution in [0, 0.1) is 0 Å². The molecule has 1 N–H and O–H groups in total. The van der Waals surface area contributed by atoms with Crippen molar-refractivity contribution in [1.82, 2.24) is 10.3 Å². The molecule has 1 aromatic rings. The number of pyridine rings is 1. The standard InChI is InChI=1S/C13H16N2O3/c1-2-5-12(17)18-13(8-11(16)15-9-13)10-6-3-4-7-14-10/h3-4,6-7H,2,5,8-9H2,1H3,(H,15,16). The van der Waals surface area contributed by atoms with Gasteiger partial charge in [0.05, 0.1) is 18.7 Å². The molecule has 1 aliphatic rings. The molecule has 18 heavy (non-hydrogen) atoms. The first-order valence-electron chi connectivity index (χ1n) is 6.06. The SMILES string of the molecule is CCCC(=O)OC1(c2ccccn2)CNC(=O)C1. The molecule has 2 rings (SSSR count). The van der Waals surface area contributed by atoms with Crippen molar-refractivity contribution in [1.29, 1.82) is 0 Å². The maximum absolute atomic E-state index is 11.7. The fraction of sp³-hybridized carbons (Fsp3) is 0.462. The van der Waals surface area contributed by atoms with Gasteiger partial charge in [-0.25, -0.2) is 0 Å². The Bertz CT molecular complexity index is 447. The number of carbonyl (C=O) groups is 2. The largest absolute Gasteiger partial charge is 0.450 e. The number of rotatable bonds is 4. The molecule has 96 valence electrons. The van der Waals surface area contributed by atoms with Crippen molar-refractivity contribution in [2.45, 2.75) is 31.8 Å². The molecule has 0 aromatic carbocycles. The molecule has 5 heteroatoms. The number of hydrogen-bond acceptors (Lipinski definition) is 4. The summed E-state index contributed by atoms with van der Waals surface area (Å²) in [5, 5.41) is 2.70. The second kappa shape index (κ2) is 5.16. The second-order valence-electron chi connectivity index (χ2n) is 4.39. The van der Waals surface area contributed by atoms with E-state index in [2.05, 4.69) is 10.3 Å². The van der Waals surface area contributed by atoms with E-state index in [-0.39, 0.29) is 24.8 Å². The van der Waals surface area contributed by atoms with E-state index in [0.717, 1.165) is 6.42 Å². The van der Waals surface area contributed by atoms with Crippen molar-refractivity contribution in [3.8, 4) is 0 Å². The van der Waals surface area contributed by atoms with Gasteiger partial charge in [-0.15, -0.1) is 0 Å². The van der Waals surface area contributed by atoms with Crippen molar-refractivity contribution in [2.75, 3.05) is 6.54 Å². The molecular weight excluding hydrogens is 232 g/mol. The third-order valence-corrected chi connectivity index (χ3v) is 2.91. The van der Waals surface area contributed by atoms with Crippen molar-refractivity contribution < 1.29 is 14.3 Å². The van der Waals surface area contributed by atoms with Crippen molar-refractivity contribution >= 4 is 11.9 Å². The summed E-state index contributed by atoms with van der Waals surface area (Å²) in [6.07, 6.45) is 2.84. The second-order valence-corrected chi connectivity index (χ2v) is 4.39. The summed E-state index contributed by atoms with van der Waals surface area (Å²) >= 11 is 0. The first-order valence-corrected chi connectivity index (χ1v) is 6.06. The lowest BCUT2D eigenvalue weighted by molar-refractivity contribution is -0.159. The quantitative estimate of drug-likeness (QED) is 0.811. The molecule has 0 spiro atoms. The summed E-state index contributed by atoms with van der Waals surface area (Å²) in [5.41, 5.74) is -0.322. The van der Waals surface area contributed by atoms with Gasteiger partial charge in [-0.1, -0.05) is 13.0 Å². The molecule has 1 fully saturated rings. The monoisotopic (exact) mass is 248 g/mol. The van der Waals surface area contributed by atoms with Gasteiger partial charge in [-0.2, -0.15) is 0 Å². The highest BCUT2D eigenvalue weighted by Gasteiger charge is 2.44. The van der Waals surface area contributed by atoms with Gasteiger partial charge in [0.2, 0.25) is 5.91 Å². The maximum Gasteiger partial charge on any atom is 0.306 e. The van der Waals surface area contributed by atoms with E-state index in [4.69, 9.17) is 4.74 Å². The summed E-state index contributed by atoms with van der Waals surface area (Å²) in [6.45, 7) is 2.20. The third-order valence-electron chi connectivity index (χ3n) is 2.91. The van der Waals surface area contributed by atoms with Crippen LogP contribution in [0.1, 0.15) is 31.9 Å². The molecule has 1 saturated heterocycles. The van der Waals surface area contributed by atoms with Gasteiger partial charge in [-0.3, -0.25) is 14.6 Å². The van der Waals surface area contributed by atoms with Crippen LogP contribution in [0.25, 0.3) is 0 Å². The van der Waals surface area contributed by atoms with Crippen LogP contribution >= 0.6 is 0 Å². The average molecular weight is 248 g/mol. The lowest BCUT2D eigenvalue weighted by atomic mass is 9.97. The third kappa shape index (κ3) is 2.50. The maximum atomic E-state index is 11.7. The molecule has 1 unspecified atom stereocenters. The van der Waals surface area contributed by atoms with Crippen LogP contribution in [-0.4, -0.2) is 23.4 Å². The topological polar surface area (TPSA) is 68.3 Å². The molecule has 5 nitrogen and oxygen atoms in total. The Morgan fingerprint density at radius 3 is 2.94 bits per heavy atom. The Morgan fingerprint density at radius 1 is 1.56 bits per heavy atom. The minimum Gasteiger partial charge on any atom is -0.450 e. The number of amides is 1. The van der Waals surface area contributed by atoms with Crippen molar-refractivity contribution in [3.63, 3.8) is 0 Å². The molecule has 0 saturated carbocycles. The molecule has 0 radical (unpaired) electrons. The van der Waals surface area contributed by atoms with Gasteiger partial charge in [0, 0.05) is 12.6 Å². The van der Waals surface area contributed by atoms with E-state index < -0.39 is 5.60 Å². The lowest BCUT2D eigenvalue weighted by Crippen LogP contribution is -2.35. The Morgan fingerprint density at radius 2 is 2.39 bits per heavy atom. The Balaban J connectivity index is 2.25. The predicted molar refractivity (Wildman–Crippen MR) is 64.5 cm³/mol. The van der Waals surface area contributed by atoms with E-state index >= 15 is 0 Å². The van der Waals surface area contributed by atoms with Crippen LogP contribution in [0.2, 0.25) is 0 Å². The summed E-state index contributed by atoms with van der Waals surface area (Å²) < 4.78 is 5.51. The zero-order valence-corrected chi connectivity index (χ0v) is 10.3. The summed E-state index contributed by atoms with van der Waals surface area (Å²) in [6, 6.07) is 5.38. The smallest absolute Gasteiger partial charge is 0.306 e. The van der Waals surface area contributed by atoms with Crippen LogP contribution in [0.15, 0.2) is 24.4 Å². The zero-order chi connectivity index (χ0) is 13.0. The number of nitrogens with zero attached hydrogens (tertiary/aromatic N) is 1. The highest BCUT2D eigenvalue weighted by molar-refractivity contribution is 5.81. The Labute approximate surface area is 106 Å². The van der Waals surface area contributed by atoms with Gasteiger partial charge in [-0.05, 0) is 18.6 Å². The molecule has 0 aliphatic carbocycles. The van der Waals surface area contributed by atoms with Crippen molar-refractivity contribution in [2.24, 2.45) is 0 Å². The fourth-order valence-corrected chi connectivity index (χ4v) is 2.04. The average Bonchev–Trinajstić information content (AvgIpc) is 2.73. The van der Waals surface area contributed by atoms with Crippen molar-refractivity contribution in [3.05, 3.63) is 30.1 Å². The van der Waals surface area contributed by atoms with Crippen LogP contribution < -0.4 is 5.32 Å². The summed E-state index contributed by atoms with van der Waals surface area (Å²) in [5.74, 6) is -0.412. The van der Waals surface area contributed by atoms with Gasteiger partial charge in [0.1, 0.15) is 0 Å². The number of aromatic nitrogens is 1. The van der Waals surface area contributed by atoms with Crippen LogP contribution in [0.5, 0.6) is 0 Å². The number of carbonyl (C=O) groups excluding carboxylic acids is 2. The minimum atomic E-state index is -0.940. The number of esters is 1. The van der Waals surface area contributed by atoms with E-state index in [9.17, 15) is 9.59 Å². The van der Waals surface area contributed by atoms with E-state index in [1.54, 1.807) is 18.3 Å². The van der Waals surface area contributed by atoms with Gasteiger partial charge < -0.3 is 10.1 Å². The molecule has 1 atom stereocenters. The molecule has 1 aromatic heterocycles. The minimum absolute atomic E-state index is 0.120. The molecule has 0 bridgehead atoms. The Kier molecular flexibility index (Phi) is 3.60. The molecule has 1 amide bonds. The predicted octanol–water partition coefficient (Wildman–Crippen LogP) is 1.14. The van der Waals surface area contributed by atoms with Gasteiger partial charge in [0.15, 0.2) is 5.60 Å². The first kappa shape index (κ1) is 12.5. The first-order chi connectivity index (χ1) is 8.66. The molecule has 2 heterocycles. The summed E-state index contributed by atoms with van der Waals surface area (Å²) in [7, 11) is 0. The van der Waals surface area contributed by atoms with E-state index in [1.165, 1.54) is 0 Å². The normalized spacial score (nSPS) is 22.6. The summed E-state index contributed by atoms with van der Waals surface area (Å²) in [4.78, 5) is 27.3. The lowest BCUT2D eigenvalue weighted by Gasteiger charge is -2.26. The van der Waals surface area contributed by atoms with Gasteiger partial charge >= 0.3 is 5.97 Å². The van der Waals surface area contributed by atoms with E-state index in [1.807, 2.05) is 13.0 Å². The highest BCUT2D eigenvalue weighted by Crippen LogP contribution is 2.31. The number of ether oxygens (including phenoxy) is 1. The van der Waals surface area contributed by atoms with Crippen LogP contribution in [-0.2, 0) is 19.9 Å². The zero-order valence-electron chi connectivity index (χ0n) is 10.3. The highest BCUT2D eigenvalue weighted by atomic mass is 16.6. The van der Waals surface area contributed by atoms with Gasteiger partial charge in [0.25, 0.3) is 0 Å². The van der Waals surface area contributed by atoms with E-state index in [0.29, 0.717) is 12.1 Å². The van der Waals surface area contributed by atoms with Crippen LogP contribution in [0.3, 0.4) is 0 Å². The molecule has 1 aliphatic heterocycles.